The van der Waals surface area contributed by atoms with Crippen LogP contribution in [-0.4, -0.2) is 31.5 Å². The molecule has 0 bridgehead atoms. The zero-order chi connectivity index (χ0) is 20.3. The van der Waals surface area contributed by atoms with Crippen LogP contribution in [0.3, 0.4) is 0 Å². The Morgan fingerprint density at radius 3 is 2.75 bits per heavy atom. The second kappa shape index (κ2) is 8.28. The molecule has 3 N–H and O–H groups in total. The third-order valence-electron chi connectivity index (χ3n) is 3.82. The van der Waals surface area contributed by atoms with E-state index >= 15 is 0 Å². The van der Waals surface area contributed by atoms with Gasteiger partial charge >= 0.3 is 0 Å². The summed E-state index contributed by atoms with van der Waals surface area (Å²) < 4.78 is 1.33. The summed E-state index contributed by atoms with van der Waals surface area (Å²) in [5.74, 6) is 6.22. The monoisotopic (exact) mass is 418 g/mol. The van der Waals surface area contributed by atoms with E-state index in [-0.39, 0.29) is 28.1 Å². The number of carbonyl (C=O) groups excluding carboxylic acids is 1. The van der Waals surface area contributed by atoms with Crippen LogP contribution in [0.25, 0.3) is 11.4 Å². The lowest BCUT2D eigenvalue weighted by Gasteiger charge is -2.07. The molecule has 144 valence electrons. The van der Waals surface area contributed by atoms with Crippen molar-refractivity contribution in [3.63, 3.8) is 0 Å². The van der Waals surface area contributed by atoms with Crippen LogP contribution in [0.5, 0.6) is 0 Å². The third kappa shape index (κ3) is 4.24. The van der Waals surface area contributed by atoms with Gasteiger partial charge in [0.25, 0.3) is 5.69 Å². The fraction of sp³-hybridized carbons (Fsp3) is 0.118. The topological polar surface area (TPSA) is 129 Å². The molecule has 28 heavy (non-hydrogen) atoms. The number of nitro benzene ring substituents is 1. The zero-order valence-electron chi connectivity index (χ0n) is 14.6. The van der Waals surface area contributed by atoms with Crippen LogP contribution in [0.4, 0.5) is 11.4 Å². The van der Waals surface area contributed by atoms with Crippen molar-refractivity contribution >= 4 is 40.6 Å². The van der Waals surface area contributed by atoms with Crippen molar-refractivity contribution in [1.29, 1.82) is 0 Å². The highest BCUT2D eigenvalue weighted by molar-refractivity contribution is 7.99. The Balaban J connectivity index is 1.66. The van der Waals surface area contributed by atoms with Crippen molar-refractivity contribution in [1.82, 2.24) is 14.9 Å². The van der Waals surface area contributed by atoms with Gasteiger partial charge < -0.3 is 11.2 Å². The third-order valence-corrected chi connectivity index (χ3v) is 5.08. The van der Waals surface area contributed by atoms with Crippen molar-refractivity contribution in [2.45, 2.75) is 12.1 Å². The lowest BCUT2D eigenvalue weighted by molar-refractivity contribution is -0.384. The number of hydrogen-bond acceptors (Lipinski definition) is 7. The van der Waals surface area contributed by atoms with Gasteiger partial charge in [-0.2, -0.15) is 0 Å². The summed E-state index contributed by atoms with van der Waals surface area (Å²) in [7, 11) is 0. The number of benzene rings is 2. The van der Waals surface area contributed by atoms with Crippen LogP contribution in [-0.2, 0) is 4.79 Å². The number of nitrogens with one attached hydrogen (secondary N) is 1. The lowest BCUT2D eigenvalue weighted by Crippen LogP contribution is -2.16. The largest absolute Gasteiger partial charge is 0.335 e. The minimum Gasteiger partial charge on any atom is -0.335 e. The Kier molecular flexibility index (Phi) is 5.81. The SMILES string of the molecule is Cc1ccccc1-c1nnc(SCC(=O)Nc2ccc([N+](=O)[O-])cc2Cl)n1N. The number of thioether (sulfide) groups is 1. The molecule has 0 radical (unpaired) electrons. The summed E-state index contributed by atoms with van der Waals surface area (Å²) in [4.78, 5) is 22.3. The van der Waals surface area contributed by atoms with Gasteiger partial charge in [0.2, 0.25) is 11.1 Å². The fourth-order valence-corrected chi connectivity index (χ4v) is 3.30. The number of amides is 1. The molecule has 11 heteroatoms. The zero-order valence-corrected chi connectivity index (χ0v) is 16.2. The van der Waals surface area contributed by atoms with Gasteiger partial charge in [0.05, 0.1) is 21.4 Å². The summed E-state index contributed by atoms with van der Waals surface area (Å²) in [5.41, 5.74) is 1.99. The lowest BCUT2D eigenvalue weighted by atomic mass is 10.1. The van der Waals surface area contributed by atoms with Crippen LogP contribution < -0.4 is 11.2 Å². The van der Waals surface area contributed by atoms with Crippen LogP contribution in [0, 0.1) is 17.0 Å². The van der Waals surface area contributed by atoms with E-state index < -0.39 is 4.92 Å². The molecule has 1 heterocycles. The first-order valence-electron chi connectivity index (χ1n) is 8.00. The van der Waals surface area contributed by atoms with Gasteiger partial charge in [0, 0.05) is 17.7 Å². The molecule has 2 aromatic carbocycles. The summed E-state index contributed by atoms with van der Waals surface area (Å²) in [6.45, 7) is 1.94. The van der Waals surface area contributed by atoms with Gasteiger partial charge in [-0.3, -0.25) is 14.9 Å². The van der Waals surface area contributed by atoms with Crippen molar-refractivity contribution < 1.29 is 9.72 Å². The standard InChI is InChI=1S/C17H15ClN6O3S/c1-10-4-2-3-5-12(10)16-21-22-17(23(16)19)28-9-15(25)20-14-7-6-11(24(26)27)8-13(14)18/h2-8H,9,19H2,1H3,(H,20,25). The molecule has 0 unspecified atom stereocenters. The predicted molar refractivity (Wildman–Crippen MR) is 108 cm³/mol. The molecule has 3 rings (SSSR count). The van der Waals surface area contributed by atoms with Gasteiger partial charge in [0.1, 0.15) is 0 Å². The van der Waals surface area contributed by atoms with Gasteiger partial charge in [-0.25, -0.2) is 4.68 Å². The maximum absolute atomic E-state index is 12.2. The Morgan fingerprint density at radius 2 is 2.07 bits per heavy atom. The number of nitrogens with two attached hydrogens (primary N) is 1. The molecular formula is C17H15ClN6O3S. The first-order chi connectivity index (χ1) is 13.4. The quantitative estimate of drug-likeness (QED) is 0.272. The Bertz CT molecular complexity index is 1060. The number of nitrogen functional groups attached to an aromatic ring is 1. The molecule has 1 aromatic heterocycles. The molecule has 0 saturated heterocycles. The van der Waals surface area contributed by atoms with E-state index in [1.54, 1.807) is 0 Å². The number of anilines is 1. The van der Waals surface area contributed by atoms with Gasteiger partial charge in [-0.05, 0) is 18.6 Å². The van der Waals surface area contributed by atoms with Crippen molar-refractivity contribution in [3.8, 4) is 11.4 Å². The Morgan fingerprint density at radius 1 is 1.32 bits per heavy atom. The van der Waals surface area contributed by atoms with Crippen LogP contribution >= 0.6 is 23.4 Å². The number of hydrogen-bond donors (Lipinski definition) is 2. The second-order valence-electron chi connectivity index (χ2n) is 5.75. The summed E-state index contributed by atoms with van der Waals surface area (Å²) in [6, 6.07) is 11.4. The minimum absolute atomic E-state index is 0.0103. The molecule has 0 aliphatic heterocycles. The number of nitrogens with zero attached hydrogens (tertiary/aromatic N) is 4. The first kappa shape index (κ1) is 19.6. The molecule has 1 amide bonds. The second-order valence-corrected chi connectivity index (χ2v) is 7.10. The number of halogens is 1. The number of aryl methyl sites for hydroxylation is 1. The average Bonchev–Trinajstić information content (AvgIpc) is 3.02. The molecule has 3 aromatic rings. The highest BCUT2D eigenvalue weighted by atomic mass is 35.5. The van der Waals surface area contributed by atoms with Gasteiger partial charge in [-0.1, -0.05) is 47.6 Å². The van der Waals surface area contributed by atoms with E-state index in [9.17, 15) is 14.9 Å². The van der Waals surface area contributed by atoms with E-state index in [0.29, 0.717) is 11.0 Å². The highest BCUT2D eigenvalue weighted by Crippen LogP contribution is 2.27. The summed E-state index contributed by atoms with van der Waals surface area (Å²) in [5, 5.41) is 21.9. The van der Waals surface area contributed by atoms with E-state index in [4.69, 9.17) is 17.4 Å². The molecular weight excluding hydrogens is 404 g/mol. The molecule has 0 fully saturated rings. The van der Waals surface area contributed by atoms with E-state index in [0.717, 1.165) is 22.9 Å². The summed E-state index contributed by atoms with van der Waals surface area (Å²) >= 11 is 7.08. The molecule has 0 spiro atoms. The highest BCUT2D eigenvalue weighted by Gasteiger charge is 2.16. The predicted octanol–water partition coefficient (Wildman–Crippen LogP) is 3.26. The number of carbonyl (C=O) groups is 1. The van der Waals surface area contributed by atoms with Crippen LogP contribution in [0.15, 0.2) is 47.6 Å². The molecule has 0 atom stereocenters. The first-order valence-corrected chi connectivity index (χ1v) is 9.36. The smallest absolute Gasteiger partial charge is 0.271 e. The van der Waals surface area contributed by atoms with E-state index in [2.05, 4.69) is 15.5 Å². The Hall–Kier alpha value is -3.11. The minimum atomic E-state index is -0.562. The average molecular weight is 419 g/mol. The maximum atomic E-state index is 12.2. The van der Waals surface area contributed by atoms with E-state index in [1.165, 1.54) is 22.9 Å². The van der Waals surface area contributed by atoms with Gasteiger partial charge in [-0.15, -0.1) is 10.2 Å². The Labute approximate surface area is 169 Å². The number of rotatable bonds is 6. The number of nitro groups is 1. The number of non-ortho nitro benzene ring substituents is 1. The van der Waals surface area contributed by atoms with Crippen molar-refractivity contribution in [3.05, 3.63) is 63.2 Å². The number of aromatic nitrogens is 3. The van der Waals surface area contributed by atoms with Gasteiger partial charge in [0.15, 0.2) is 5.82 Å². The van der Waals surface area contributed by atoms with Crippen LogP contribution in [0.1, 0.15) is 5.56 Å². The molecule has 0 aliphatic rings. The summed E-state index contributed by atoms with van der Waals surface area (Å²) in [6.07, 6.45) is 0. The van der Waals surface area contributed by atoms with Crippen LogP contribution in [0.2, 0.25) is 5.02 Å². The van der Waals surface area contributed by atoms with E-state index in [1.807, 2.05) is 31.2 Å². The maximum Gasteiger partial charge on any atom is 0.271 e. The fourth-order valence-electron chi connectivity index (χ4n) is 2.42. The van der Waals surface area contributed by atoms with Crippen molar-refractivity contribution in [2.75, 3.05) is 16.9 Å². The van der Waals surface area contributed by atoms with Crippen molar-refractivity contribution in [2.24, 2.45) is 0 Å². The molecule has 9 nitrogen and oxygen atoms in total. The molecule has 0 saturated carbocycles. The molecule has 0 aliphatic carbocycles. The normalized spacial score (nSPS) is 10.6.